The third kappa shape index (κ3) is 13.0. The molecule has 0 atom stereocenters. The van der Waals surface area contributed by atoms with Crippen molar-refractivity contribution >= 4 is 5.97 Å². The fourth-order valence-electron chi connectivity index (χ4n) is 0.604. The van der Waals surface area contributed by atoms with Crippen molar-refractivity contribution < 1.29 is 39.5 Å². The van der Waals surface area contributed by atoms with Crippen LogP contribution >= 0.6 is 0 Å². The number of aliphatic carboxylic acids is 1. The molecule has 0 unspecified atom stereocenters. The van der Waals surface area contributed by atoms with Gasteiger partial charge in [-0.3, -0.25) is 0 Å². The number of carboxylic acid groups (broad SMARTS) is 1. The van der Waals surface area contributed by atoms with Gasteiger partial charge in [0.2, 0.25) is 0 Å². The van der Waals surface area contributed by atoms with E-state index in [9.17, 15) is 0 Å². The summed E-state index contributed by atoms with van der Waals surface area (Å²) >= 11 is 0. The molecular weight excluding hydrogens is 169 g/mol. The summed E-state index contributed by atoms with van der Waals surface area (Å²) in [6, 6.07) is 0. The SMILES string of the molecule is C1CNCCN1.NCC(=O)[O-].[Na+]. The van der Waals surface area contributed by atoms with Crippen molar-refractivity contribution in [3.05, 3.63) is 0 Å². The number of hydrogen-bond donors (Lipinski definition) is 3. The van der Waals surface area contributed by atoms with Gasteiger partial charge < -0.3 is 26.3 Å². The summed E-state index contributed by atoms with van der Waals surface area (Å²) in [4.78, 5) is 9.13. The summed E-state index contributed by atoms with van der Waals surface area (Å²) in [5, 5.41) is 15.6. The number of carbonyl (C=O) groups excluding carboxylic acids is 1. The van der Waals surface area contributed by atoms with Crippen LogP contribution in [0.15, 0.2) is 0 Å². The molecule has 1 rings (SSSR count). The van der Waals surface area contributed by atoms with Crippen LogP contribution in [0.5, 0.6) is 0 Å². The smallest absolute Gasteiger partial charge is 0.549 e. The average molecular weight is 183 g/mol. The standard InChI is InChI=1S/C4H10N2.C2H5NO2.Na/c1-2-6-4-3-5-1;3-1-2(4)5;/h5-6H,1-4H2;1,3H2,(H,4,5);/q;;+1/p-1. The molecule has 0 saturated carbocycles. The first-order chi connectivity index (χ1) is 5.27. The number of hydrogen-bond acceptors (Lipinski definition) is 5. The van der Waals surface area contributed by atoms with Crippen LogP contribution in [0.4, 0.5) is 0 Å². The molecule has 0 radical (unpaired) electrons. The second kappa shape index (κ2) is 11.4. The topological polar surface area (TPSA) is 90.2 Å². The fourth-order valence-corrected chi connectivity index (χ4v) is 0.604. The molecule has 66 valence electrons. The van der Waals surface area contributed by atoms with Gasteiger partial charge in [-0.1, -0.05) is 0 Å². The molecule has 1 heterocycles. The maximum absolute atomic E-state index is 9.13. The predicted octanol–water partition coefficient (Wildman–Crippen LogP) is -6.12. The number of nitrogens with one attached hydrogen (secondary N) is 2. The summed E-state index contributed by atoms with van der Waals surface area (Å²) in [6.07, 6.45) is 0. The van der Waals surface area contributed by atoms with Crippen molar-refractivity contribution in [2.45, 2.75) is 0 Å². The number of carbonyl (C=O) groups is 1. The van der Waals surface area contributed by atoms with E-state index in [2.05, 4.69) is 16.4 Å². The molecule has 0 aromatic heterocycles. The molecule has 0 aromatic carbocycles. The van der Waals surface area contributed by atoms with Crippen LogP contribution < -0.4 is 51.0 Å². The Bertz CT molecular complexity index is 97.5. The summed E-state index contributed by atoms with van der Waals surface area (Å²) in [5.74, 6) is -1.22. The fraction of sp³-hybridized carbons (Fsp3) is 0.833. The van der Waals surface area contributed by atoms with Gasteiger partial charge in [-0.05, 0) is 0 Å². The van der Waals surface area contributed by atoms with Gasteiger partial charge in [0.05, 0.1) is 5.97 Å². The van der Waals surface area contributed by atoms with Crippen LogP contribution in [0.2, 0.25) is 0 Å². The summed E-state index contributed by atoms with van der Waals surface area (Å²) in [7, 11) is 0. The van der Waals surface area contributed by atoms with E-state index < -0.39 is 5.97 Å². The minimum Gasteiger partial charge on any atom is -0.549 e. The largest absolute Gasteiger partial charge is 1.00 e. The van der Waals surface area contributed by atoms with E-state index in [0.29, 0.717) is 0 Å². The number of piperazine rings is 1. The van der Waals surface area contributed by atoms with Crippen LogP contribution in [0.1, 0.15) is 0 Å². The first-order valence-corrected chi connectivity index (χ1v) is 3.58. The molecule has 0 aliphatic carbocycles. The summed E-state index contributed by atoms with van der Waals surface area (Å²) in [6.45, 7) is 4.17. The minimum atomic E-state index is -1.22. The van der Waals surface area contributed by atoms with Crippen LogP contribution in [0.25, 0.3) is 0 Å². The number of carboxylic acids is 1. The monoisotopic (exact) mass is 183 g/mol. The molecule has 0 bridgehead atoms. The van der Waals surface area contributed by atoms with Gasteiger partial charge in [-0.2, -0.15) is 0 Å². The third-order valence-electron chi connectivity index (χ3n) is 1.12. The van der Waals surface area contributed by atoms with Crippen LogP contribution in [0.3, 0.4) is 0 Å². The zero-order valence-electron chi connectivity index (χ0n) is 7.43. The van der Waals surface area contributed by atoms with Crippen molar-refractivity contribution in [2.24, 2.45) is 5.73 Å². The van der Waals surface area contributed by atoms with Crippen LogP contribution in [-0.4, -0.2) is 38.7 Å². The van der Waals surface area contributed by atoms with E-state index in [-0.39, 0.29) is 36.1 Å². The molecule has 1 saturated heterocycles. The van der Waals surface area contributed by atoms with E-state index in [4.69, 9.17) is 9.90 Å². The van der Waals surface area contributed by atoms with E-state index >= 15 is 0 Å². The van der Waals surface area contributed by atoms with Crippen LogP contribution in [-0.2, 0) is 4.79 Å². The van der Waals surface area contributed by atoms with E-state index in [1.54, 1.807) is 0 Å². The Balaban J connectivity index is 0. The van der Waals surface area contributed by atoms with Crippen molar-refractivity contribution in [3.8, 4) is 0 Å². The zero-order valence-corrected chi connectivity index (χ0v) is 9.43. The second-order valence-electron chi connectivity index (χ2n) is 2.08. The third-order valence-corrected chi connectivity index (χ3v) is 1.12. The first kappa shape index (κ1) is 14.9. The van der Waals surface area contributed by atoms with Crippen LogP contribution in [0, 0.1) is 0 Å². The van der Waals surface area contributed by atoms with E-state index in [1.807, 2.05) is 0 Å². The summed E-state index contributed by atoms with van der Waals surface area (Å²) in [5.41, 5.74) is 4.51. The first-order valence-electron chi connectivity index (χ1n) is 3.58. The van der Waals surface area contributed by atoms with Gasteiger partial charge in [0.25, 0.3) is 0 Å². The van der Waals surface area contributed by atoms with E-state index in [0.717, 1.165) is 26.2 Å². The van der Waals surface area contributed by atoms with Crippen molar-refractivity contribution in [1.29, 1.82) is 0 Å². The quantitative estimate of drug-likeness (QED) is 0.352. The van der Waals surface area contributed by atoms with Crippen molar-refractivity contribution in [1.82, 2.24) is 10.6 Å². The van der Waals surface area contributed by atoms with E-state index in [1.165, 1.54) is 0 Å². The Morgan fingerprint density at radius 2 is 1.50 bits per heavy atom. The predicted molar refractivity (Wildman–Crippen MR) is 39.8 cm³/mol. The van der Waals surface area contributed by atoms with Gasteiger partial charge >= 0.3 is 29.6 Å². The maximum Gasteiger partial charge on any atom is 1.00 e. The molecule has 1 aliphatic rings. The average Bonchev–Trinajstić information content (AvgIpc) is 2.09. The Morgan fingerprint density at radius 1 is 1.25 bits per heavy atom. The van der Waals surface area contributed by atoms with Gasteiger partial charge in [-0.15, -0.1) is 0 Å². The Kier molecular flexibility index (Phi) is 14.0. The normalized spacial score (nSPS) is 15.1. The van der Waals surface area contributed by atoms with Crippen molar-refractivity contribution in [3.63, 3.8) is 0 Å². The van der Waals surface area contributed by atoms with Gasteiger partial charge in [-0.25, -0.2) is 0 Å². The van der Waals surface area contributed by atoms with Gasteiger partial charge in [0, 0.05) is 32.7 Å². The second-order valence-corrected chi connectivity index (χ2v) is 2.08. The van der Waals surface area contributed by atoms with Crippen molar-refractivity contribution in [2.75, 3.05) is 32.7 Å². The minimum absolute atomic E-state index is 0. The molecule has 5 nitrogen and oxygen atoms in total. The Morgan fingerprint density at radius 3 is 1.58 bits per heavy atom. The molecule has 1 fully saturated rings. The zero-order chi connectivity index (χ0) is 8.53. The molecule has 4 N–H and O–H groups in total. The molecule has 12 heavy (non-hydrogen) atoms. The molecule has 0 spiro atoms. The summed E-state index contributed by atoms with van der Waals surface area (Å²) < 4.78 is 0. The molecule has 6 heteroatoms. The molecule has 0 aromatic rings. The van der Waals surface area contributed by atoms with Gasteiger partial charge in [0.15, 0.2) is 0 Å². The Labute approximate surface area is 94.4 Å². The molecule has 0 amide bonds. The number of nitrogens with two attached hydrogens (primary N) is 1. The molecule has 1 aliphatic heterocycles. The Hall–Kier alpha value is 0.350. The molecular formula is C6H14N3NaO2. The van der Waals surface area contributed by atoms with Gasteiger partial charge in [0.1, 0.15) is 0 Å². The maximum atomic E-state index is 9.13. The number of rotatable bonds is 1.